The van der Waals surface area contributed by atoms with Crippen LogP contribution in [-0.4, -0.2) is 35.8 Å². The number of carboxylic acids is 1. The van der Waals surface area contributed by atoms with Crippen molar-refractivity contribution in [3.63, 3.8) is 0 Å². The van der Waals surface area contributed by atoms with Gasteiger partial charge in [0.05, 0.1) is 11.5 Å². The van der Waals surface area contributed by atoms with Gasteiger partial charge in [-0.25, -0.2) is 4.79 Å². The minimum absolute atomic E-state index is 0.0643. The fraction of sp³-hybridized carbons (Fsp3) is 0.462. The van der Waals surface area contributed by atoms with E-state index in [-0.39, 0.29) is 30.2 Å². The van der Waals surface area contributed by atoms with Crippen LogP contribution in [0, 0.1) is 10.1 Å². The highest BCUT2D eigenvalue weighted by atomic mass is 16.6. The largest absolute Gasteiger partial charge is 0.484 e. The van der Waals surface area contributed by atoms with Crippen molar-refractivity contribution in [3.05, 3.63) is 33.9 Å². The van der Waals surface area contributed by atoms with Crippen LogP contribution in [0.15, 0.2) is 18.2 Å². The van der Waals surface area contributed by atoms with Crippen molar-refractivity contribution < 1.29 is 24.3 Å². The molecule has 7 nitrogen and oxygen atoms in total. The van der Waals surface area contributed by atoms with E-state index in [0.717, 1.165) is 12.8 Å². The van der Waals surface area contributed by atoms with E-state index in [1.54, 1.807) is 0 Å². The van der Waals surface area contributed by atoms with Gasteiger partial charge in [-0.1, -0.05) is 19.4 Å². The highest BCUT2D eigenvalue weighted by Crippen LogP contribution is 2.30. The highest BCUT2D eigenvalue weighted by Gasteiger charge is 2.22. The van der Waals surface area contributed by atoms with Gasteiger partial charge in [0.2, 0.25) is 5.75 Å². The maximum Gasteiger partial charge on any atom is 0.339 e. The van der Waals surface area contributed by atoms with Crippen LogP contribution in [0.2, 0.25) is 0 Å². The van der Waals surface area contributed by atoms with Gasteiger partial charge in [-0.2, -0.15) is 0 Å². The number of hydrogen-bond donors (Lipinski definition) is 1. The summed E-state index contributed by atoms with van der Waals surface area (Å²) in [5.41, 5.74) is -0.591. The van der Waals surface area contributed by atoms with E-state index in [1.165, 1.54) is 18.2 Å². The summed E-state index contributed by atoms with van der Waals surface area (Å²) in [7, 11) is 0. The second kappa shape index (κ2) is 8.11. The van der Waals surface area contributed by atoms with Crippen LogP contribution in [0.25, 0.3) is 0 Å². The van der Waals surface area contributed by atoms with Gasteiger partial charge in [0.1, 0.15) is 12.2 Å². The van der Waals surface area contributed by atoms with Gasteiger partial charge in [-0.3, -0.25) is 10.1 Å². The van der Waals surface area contributed by atoms with E-state index in [2.05, 4.69) is 0 Å². The number of para-hydroxylation sites is 1. The lowest BCUT2D eigenvalue weighted by Crippen LogP contribution is -2.11. The molecule has 1 aromatic rings. The number of hydrogen-bond acceptors (Lipinski definition) is 5. The number of nitro benzene ring substituents is 1. The summed E-state index contributed by atoms with van der Waals surface area (Å²) >= 11 is 0. The van der Waals surface area contributed by atoms with E-state index < -0.39 is 10.9 Å². The number of carbonyl (C=O) groups is 1. The van der Waals surface area contributed by atoms with Gasteiger partial charge in [0.25, 0.3) is 0 Å². The molecule has 0 aliphatic carbocycles. The minimum atomic E-state index is -1.27. The Morgan fingerprint density at radius 3 is 2.70 bits per heavy atom. The zero-order valence-electron chi connectivity index (χ0n) is 11.2. The Morgan fingerprint density at radius 1 is 1.35 bits per heavy atom. The van der Waals surface area contributed by atoms with Gasteiger partial charge < -0.3 is 14.6 Å². The zero-order valence-corrected chi connectivity index (χ0v) is 11.2. The van der Waals surface area contributed by atoms with Crippen molar-refractivity contribution in [1.29, 1.82) is 0 Å². The van der Waals surface area contributed by atoms with Crippen LogP contribution in [0.1, 0.15) is 30.1 Å². The number of nitro groups is 1. The molecule has 0 aliphatic rings. The molecule has 20 heavy (non-hydrogen) atoms. The van der Waals surface area contributed by atoms with E-state index in [9.17, 15) is 14.9 Å². The standard InChI is InChI=1S/C13H17NO6/c1-2-3-7-19-8-9-20-12-10(13(15)16)5-4-6-11(12)14(17)18/h4-6H,2-3,7-9H2,1H3,(H,15,16). The minimum Gasteiger partial charge on any atom is -0.484 e. The molecule has 0 amide bonds. The zero-order chi connectivity index (χ0) is 15.0. The van der Waals surface area contributed by atoms with Gasteiger partial charge in [0, 0.05) is 12.7 Å². The average molecular weight is 283 g/mol. The third-order valence-corrected chi connectivity index (χ3v) is 2.54. The predicted molar refractivity (Wildman–Crippen MR) is 71.3 cm³/mol. The molecule has 7 heteroatoms. The summed E-state index contributed by atoms with van der Waals surface area (Å²) in [6, 6.07) is 3.79. The third kappa shape index (κ3) is 4.51. The van der Waals surface area contributed by atoms with Crippen molar-refractivity contribution in [2.24, 2.45) is 0 Å². The van der Waals surface area contributed by atoms with Crippen molar-refractivity contribution >= 4 is 11.7 Å². The van der Waals surface area contributed by atoms with Crippen LogP contribution >= 0.6 is 0 Å². The lowest BCUT2D eigenvalue weighted by molar-refractivity contribution is -0.385. The molecule has 0 spiro atoms. The van der Waals surface area contributed by atoms with Crippen LogP contribution in [-0.2, 0) is 4.74 Å². The molecule has 1 rings (SSSR count). The highest BCUT2D eigenvalue weighted by molar-refractivity contribution is 5.92. The Hall–Kier alpha value is -2.15. The Morgan fingerprint density at radius 2 is 2.10 bits per heavy atom. The molecule has 0 heterocycles. The summed E-state index contributed by atoms with van der Waals surface area (Å²) < 4.78 is 10.5. The number of benzene rings is 1. The molecule has 0 aliphatic heterocycles. The van der Waals surface area contributed by atoms with Crippen molar-refractivity contribution in [2.45, 2.75) is 19.8 Å². The molecular weight excluding hydrogens is 266 g/mol. The Labute approximate surface area is 116 Å². The number of nitrogens with zero attached hydrogens (tertiary/aromatic N) is 1. The summed E-state index contributed by atoms with van der Waals surface area (Å²) in [5.74, 6) is -1.50. The van der Waals surface area contributed by atoms with E-state index in [4.69, 9.17) is 14.6 Å². The predicted octanol–water partition coefficient (Wildman–Crippen LogP) is 2.49. The molecule has 0 fully saturated rings. The average Bonchev–Trinajstić information content (AvgIpc) is 2.42. The molecule has 1 aromatic carbocycles. The number of unbranched alkanes of at least 4 members (excludes halogenated alkanes) is 1. The number of carboxylic acid groups (broad SMARTS) is 1. The van der Waals surface area contributed by atoms with Crippen molar-refractivity contribution in [3.8, 4) is 5.75 Å². The van der Waals surface area contributed by atoms with Crippen molar-refractivity contribution in [1.82, 2.24) is 0 Å². The monoisotopic (exact) mass is 283 g/mol. The molecular formula is C13H17NO6. The maximum absolute atomic E-state index is 11.0. The van der Waals surface area contributed by atoms with Gasteiger partial charge in [-0.05, 0) is 12.5 Å². The molecule has 0 radical (unpaired) electrons. The summed E-state index contributed by atoms with van der Waals surface area (Å²) in [6.07, 6.45) is 1.93. The van der Waals surface area contributed by atoms with Crippen LogP contribution in [0.4, 0.5) is 5.69 Å². The molecule has 0 bridgehead atoms. The van der Waals surface area contributed by atoms with Crippen LogP contribution in [0.5, 0.6) is 5.75 Å². The topological polar surface area (TPSA) is 98.9 Å². The van der Waals surface area contributed by atoms with E-state index in [1.807, 2.05) is 6.92 Å². The fourth-order valence-electron chi connectivity index (χ4n) is 1.54. The molecule has 0 saturated heterocycles. The second-order valence-electron chi connectivity index (χ2n) is 4.03. The summed E-state index contributed by atoms with van der Waals surface area (Å²) in [5, 5.41) is 19.9. The molecule has 110 valence electrons. The third-order valence-electron chi connectivity index (χ3n) is 2.54. The molecule has 0 atom stereocenters. The van der Waals surface area contributed by atoms with E-state index in [0.29, 0.717) is 6.61 Å². The second-order valence-corrected chi connectivity index (χ2v) is 4.03. The number of rotatable bonds is 9. The Bertz CT molecular complexity index is 442. The van der Waals surface area contributed by atoms with Crippen LogP contribution in [0.3, 0.4) is 0 Å². The van der Waals surface area contributed by atoms with Crippen molar-refractivity contribution in [2.75, 3.05) is 19.8 Å². The number of aromatic carboxylic acids is 1. The van der Waals surface area contributed by atoms with Gasteiger partial charge in [0.15, 0.2) is 0 Å². The number of ether oxygens (including phenoxy) is 2. The first kappa shape index (κ1) is 15.9. The maximum atomic E-state index is 11.0. The lowest BCUT2D eigenvalue weighted by Gasteiger charge is -2.09. The quantitative estimate of drug-likeness (QED) is 0.424. The Balaban J connectivity index is 2.71. The Kier molecular flexibility index (Phi) is 6.45. The summed E-state index contributed by atoms with van der Waals surface area (Å²) in [4.78, 5) is 21.2. The summed E-state index contributed by atoms with van der Waals surface area (Å²) in [6.45, 7) is 2.94. The van der Waals surface area contributed by atoms with E-state index >= 15 is 0 Å². The molecule has 0 unspecified atom stereocenters. The molecule has 0 aromatic heterocycles. The smallest absolute Gasteiger partial charge is 0.339 e. The lowest BCUT2D eigenvalue weighted by atomic mass is 10.2. The van der Waals surface area contributed by atoms with Crippen LogP contribution < -0.4 is 4.74 Å². The van der Waals surface area contributed by atoms with Gasteiger partial charge in [-0.15, -0.1) is 0 Å². The fourth-order valence-corrected chi connectivity index (χ4v) is 1.54. The SMILES string of the molecule is CCCCOCCOc1c(C(=O)O)cccc1[N+](=O)[O-]. The first-order valence-electron chi connectivity index (χ1n) is 6.29. The first-order valence-corrected chi connectivity index (χ1v) is 6.29. The first-order chi connectivity index (χ1) is 9.57. The van der Waals surface area contributed by atoms with Gasteiger partial charge >= 0.3 is 11.7 Å². The molecule has 0 saturated carbocycles. The normalized spacial score (nSPS) is 10.2. The molecule has 1 N–H and O–H groups in total.